The highest BCUT2D eigenvalue weighted by Crippen LogP contribution is 2.12. The van der Waals surface area contributed by atoms with E-state index in [4.69, 9.17) is 0 Å². The summed E-state index contributed by atoms with van der Waals surface area (Å²) in [6, 6.07) is 3.11. The van der Waals surface area contributed by atoms with Gasteiger partial charge in [-0.05, 0) is 32.3 Å². The molecule has 1 aromatic heterocycles. The molecule has 1 N–H and O–H groups in total. The number of allylic oxidation sites excluding steroid dienone is 1. The third kappa shape index (κ3) is 7.40. The van der Waals surface area contributed by atoms with Gasteiger partial charge in [0.1, 0.15) is 17.4 Å². The van der Waals surface area contributed by atoms with Gasteiger partial charge in [0.05, 0.1) is 0 Å². The summed E-state index contributed by atoms with van der Waals surface area (Å²) in [5.74, 6) is 1.85. The summed E-state index contributed by atoms with van der Waals surface area (Å²) in [5.41, 5.74) is -0.0230. The average molecular weight is 331 g/mol. The van der Waals surface area contributed by atoms with Crippen molar-refractivity contribution in [3.05, 3.63) is 40.7 Å². The van der Waals surface area contributed by atoms with E-state index in [0.717, 1.165) is 50.3 Å². The first-order valence-electron chi connectivity index (χ1n) is 8.67. The van der Waals surface area contributed by atoms with Gasteiger partial charge in [-0.1, -0.05) is 25.8 Å². The first-order chi connectivity index (χ1) is 11.6. The fourth-order valence-corrected chi connectivity index (χ4v) is 2.45. The third-order valence-corrected chi connectivity index (χ3v) is 3.72. The molecular formula is C19H29N3O2. The standard InChI is InChI=1S/C19H29N3O2/c1-4-5-11-18(20-3)22(19-15-17(24)12-13-21-19)14-9-7-6-8-10-16(2)23/h5,11-13,15H,4,6-10,14H2,1-3H3,(H,21,24)/b11-5-,20-18?. The molecule has 0 saturated heterocycles. The summed E-state index contributed by atoms with van der Waals surface area (Å²) in [4.78, 5) is 32.2. The Labute approximate surface area is 144 Å². The number of carbonyl (C=O) groups is 1. The minimum absolute atomic E-state index is 0.0230. The van der Waals surface area contributed by atoms with E-state index in [0.29, 0.717) is 6.42 Å². The van der Waals surface area contributed by atoms with Crippen LogP contribution in [-0.4, -0.2) is 30.2 Å². The second kappa shape index (κ2) is 11.4. The van der Waals surface area contributed by atoms with E-state index in [1.807, 2.05) is 11.0 Å². The molecule has 0 radical (unpaired) electrons. The summed E-state index contributed by atoms with van der Waals surface area (Å²) >= 11 is 0. The van der Waals surface area contributed by atoms with Crippen LogP contribution in [-0.2, 0) is 4.79 Å². The summed E-state index contributed by atoms with van der Waals surface area (Å²) in [6.07, 6.45) is 11.3. The van der Waals surface area contributed by atoms with Gasteiger partial charge in [-0.2, -0.15) is 0 Å². The number of aromatic amines is 1. The molecule has 0 bridgehead atoms. The largest absolute Gasteiger partial charge is 0.348 e. The topological polar surface area (TPSA) is 65.5 Å². The van der Waals surface area contributed by atoms with E-state index in [1.165, 1.54) is 6.07 Å². The monoisotopic (exact) mass is 331 g/mol. The van der Waals surface area contributed by atoms with Crippen LogP contribution in [0.5, 0.6) is 0 Å². The Balaban J connectivity index is 2.73. The van der Waals surface area contributed by atoms with Gasteiger partial charge >= 0.3 is 0 Å². The Hall–Kier alpha value is -2.17. The van der Waals surface area contributed by atoms with Crippen LogP contribution < -0.4 is 10.3 Å². The van der Waals surface area contributed by atoms with Crippen LogP contribution in [0.4, 0.5) is 5.82 Å². The molecular weight excluding hydrogens is 302 g/mol. The summed E-state index contributed by atoms with van der Waals surface area (Å²) < 4.78 is 0. The fourth-order valence-electron chi connectivity index (χ4n) is 2.45. The number of Topliss-reactive ketones (excluding diaryl/α,β-unsaturated/α-hetero) is 1. The number of hydrogen-bond donors (Lipinski definition) is 1. The lowest BCUT2D eigenvalue weighted by atomic mass is 10.1. The minimum Gasteiger partial charge on any atom is -0.348 e. The van der Waals surface area contributed by atoms with E-state index in [1.54, 1.807) is 26.2 Å². The molecule has 132 valence electrons. The van der Waals surface area contributed by atoms with Crippen molar-refractivity contribution in [3.63, 3.8) is 0 Å². The smallest absolute Gasteiger partial charge is 0.183 e. The molecule has 5 nitrogen and oxygen atoms in total. The number of anilines is 1. The van der Waals surface area contributed by atoms with Gasteiger partial charge in [0.2, 0.25) is 0 Å². The highest BCUT2D eigenvalue weighted by Gasteiger charge is 2.11. The molecule has 0 aliphatic rings. The zero-order valence-electron chi connectivity index (χ0n) is 15.0. The lowest BCUT2D eigenvalue weighted by Gasteiger charge is -2.24. The van der Waals surface area contributed by atoms with Crippen LogP contribution in [0.3, 0.4) is 0 Å². The summed E-state index contributed by atoms with van der Waals surface area (Å²) in [6.45, 7) is 4.49. The van der Waals surface area contributed by atoms with Gasteiger partial charge in [-0.3, -0.25) is 9.79 Å². The molecule has 0 atom stereocenters. The fraction of sp³-hybridized carbons (Fsp3) is 0.526. The quantitative estimate of drug-likeness (QED) is 0.404. The predicted molar refractivity (Wildman–Crippen MR) is 101 cm³/mol. The van der Waals surface area contributed by atoms with Crippen molar-refractivity contribution in [2.45, 2.75) is 52.4 Å². The second-order valence-corrected chi connectivity index (χ2v) is 5.82. The predicted octanol–water partition coefficient (Wildman–Crippen LogP) is 3.72. The second-order valence-electron chi connectivity index (χ2n) is 5.82. The van der Waals surface area contributed by atoms with Crippen LogP contribution >= 0.6 is 0 Å². The Morgan fingerprint density at radius 3 is 2.67 bits per heavy atom. The highest BCUT2D eigenvalue weighted by molar-refractivity contribution is 6.05. The Bertz CT molecular complexity index is 617. The number of aromatic nitrogens is 1. The van der Waals surface area contributed by atoms with Crippen LogP contribution in [0.1, 0.15) is 52.4 Å². The number of ketones is 1. The highest BCUT2D eigenvalue weighted by atomic mass is 16.1. The first kappa shape index (κ1) is 19.9. The zero-order valence-corrected chi connectivity index (χ0v) is 15.0. The maximum absolute atomic E-state index is 11.7. The SMILES string of the molecule is CC/C=C\C(=NC)N(CCCCCCC(C)=O)c1cc(=O)cc[nH]1. The summed E-state index contributed by atoms with van der Waals surface area (Å²) in [7, 11) is 1.76. The van der Waals surface area contributed by atoms with E-state index in [2.05, 4.69) is 23.0 Å². The van der Waals surface area contributed by atoms with Gasteiger partial charge in [0.15, 0.2) is 5.43 Å². The van der Waals surface area contributed by atoms with Crippen molar-refractivity contribution < 1.29 is 4.79 Å². The molecule has 0 aliphatic carbocycles. The molecule has 1 rings (SSSR count). The average Bonchev–Trinajstić information content (AvgIpc) is 2.56. The van der Waals surface area contributed by atoms with Gasteiger partial charge in [0, 0.05) is 38.3 Å². The van der Waals surface area contributed by atoms with Gasteiger partial charge < -0.3 is 14.7 Å². The van der Waals surface area contributed by atoms with E-state index < -0.39 is 0 Å². The van der Waals surface area contributed by atoms with Crippen molar-refractivity contribution in [2.24, 2.45) is 4.99 Å². The molecule has 0 unspecified atom stereocenters. The Morgan fingerprint density at radius 2 is 2.04 bits per heavy atom. The lowest BCUT2D eigenvalue weighted by Crippen LogP contribution is -2.32. The number of carbonyl (C=O) groups excluding carboxylic acids is 1. The van der Waals surface area contributed by atoms with Gasteiger partial charge in [-0.25, -0.2) is 0 Å². The number of pyridine rings is 1. The zero-order chi connectivity index (χ0) is 17.8. The molecule has 0 aromatic carbocycles. The van der Waals surface area contributed by atoms with Crippen molar-refractivity contribution in [2.75, 3.05) is 18.5 Å². The number of aliphatic imine (C=N–C) groups is 1. The van der Waals surface area contributed by atoms with E-state index in [-0.39, 0.29) is 11.2 Å². The minimum atomic E-state index is -0.0230. The third-order valence-electron chi connectivity index (χ3n) is 3.72. The number of H-pyrrole nitrogens is 1. The Morgan fingerprint density at radius 1 is 1.29 bits per heavy atom. The van der Waals surface area contributed by atoms with Gasteiger partial charge in [-0.15, -0.1) is 0 Å². The Kier molecular flexibility index (Phi) is 9.42. The molecule has 24 heavy (non-hydrogen) atoms. The molecule has 1 aromatic rings. The van der Waals surface area contributed by atoms with Crippen LogP contribution in [0, 0.1) is 0 Å². The van der Waals surface area contributed by atoms with Crippen molar-refractivity contribution in [3.8, 4) is 0 Å². The normalized spacial score (nSPS) is 11.9. The van der Waals surface area contributed by atoms with Crippen LogP contribution in [0.25, 0.3) is 0 Å². The summed E-state index contributed by atoms with van der Waals surface area (Å²) in [5, 5.41) is 0. The van der Waals surface area contributed by atoms with Crippen molar-refractivity contribution in [1.82, 2.24) is 4.98 Å². The molecule has 0 spiro atoms. The number of unbranched alkanes of at least 4 members (excludes halogenated alkanes) is 3. The number of nitrogens with one attached hydrogen (secondary N) is 1. The molecule has 0 amide bonds. The molecule has 0 saturated carbocycles. The van der Waals surface area contributed by atoms with Crippen molar-refractivity contribution in [1.29, 1.82) is 0 Å². The maximum atomic E-state index is 11.7. The van der Waals surface area contributed by atoms with Crippen molar-refractivity contribution >= 4 is 17.4 Å². The van der Waals surface area contributed by atoms with E-state index in [9.17, 15) is 9.59 Å². The molecule has 0 fully saturated rings. The van der Waals surface area contributed by atoms with Crippen LogP contribution in [0.15, 0.2) is 40.3 Å². The number of amidine groups is 1. The molecule has 1 heterocycles. The maximum Gasteiger partial charge on any atom is 0.183 e. The molecule has 0 aliphatic heterocycles. The first-order valence-corrected chi connectivity index (χ1v) is 8.67. The lowest BCUT2D eigenvalue weighted by molar-refractivity contribution is -0.117. The molecule has 5 heteroatoms. The number of rotatable bonds is 10. The number of nitrogens with zero attached hydrogens (tertiary/aromatic N) is 2. The van der Waals surface area contributed by atoms with Crippen LogP contribution in [0.2, 0.25) is 0 Å². The number of hydrogen-bond acceptors (Lipinski definition) is 3. The van der Waals surface area contributed by atoms with E-state index >= 15 is 0 Å². The van der Waals surface area contributed by atoms with Gasteiger partial charge in [0.25, 0.3) is 0 Å².